The molecule has 1 aromatic carbocycles. The normalized spacial score (nSPS) is 12.5. The average Bonchev–Trinajstić information content (AvgIpc) is 2.25. The fraction of sp³-hybridized carbons (Fsp3) is 0.455. The van der Waals surface area contributed by atoms with Gasteiger partial charge in [0.25, 0.3) is 0 Å². The van der Waals surface area contributed by atoms with Crippen LogP contribution in [0.25, 0.3) is 0 Å². The zero-order valence-corrected chi connectivity index (χ0v) is 8.87. The first-order valence-electron chi connectivity index (χ1n) is 4.71. The molecule has 0 aliphatic carbocycles. The molecule has 1 unspecified atom stereocenters. The van der Waals surface area contributed by atoms with E-state index < -0.39 is 5.82 Å². The van der Waals surface area contributed by atoms with Crippen molar-refractivity contribution in [1.82, 2.24) is 0 Å². The van der Waals surface area contributed by atoms with E-state index in [9.17, 15) is 4.39 Å². The molecule has 0 amide bonds. The van der Waals surface area contributed by atoms with Crippen molar-refractivity contribution in [1.29, 1.82) is 0 Å². The van der Waals surface area contributed by atoms with Gasteiger partial charge < -0.3 is 14.6 Å². The fourth-order valence-corrected chi connectivity index (χ4v) is 1.08. The van der Waals surface area contributed by atoms with Crippen LogP contribution >= 0.6 is 0 Å². The Bertz CT molecular complexity index is 315. The molecule has 0 saturated carbocycles. The number of hydrogen-bond acceptors (Lipinski definition) is 3. The summed E-state index contributed by atoms with van der Waals surface area (Å²) >= 11 is 0. The lowest BCUT2D eigenvalue weighted by Gasteiger charge is -2.12. The van der Waals surface area contributed by atoms with E-state index in [1.807, 2.05) is 6.92 Å². The molecule has 3 nitrogen and oxygen atoms in total. The quantitative estimate of drug-likeness (QED) is 0.811. The number of aliphatic hydroxyl groups excluding tert-OH is 1. The van der Waals surface area contributed by atoms with Crippen molar-refractivity contribution in [3.8, 4) is 5.75 Å². The van der Waals surface area contributed by atoms with Crippen molar-refractivity contribution < 1.29 is 19.0 Å². The van der Waals surface area contributed by atoms with Gasteiger partial charge in [-0.15, -0.1) is 0 Å². The molecule has 15 heavy (non-hydrogen) atoms. The molecular formula is C11H15FO3. The summed E-state index contributed by atoms with van der Waals surface area (Å²) in [6.45, 7) is 2.00. The number of benzene rings is 1. The highest BCUT2D eigenvalue weighted by Gasteiger charge is 2.04. The van der Waals surface area contributed by atoms with Crippen molar-refractivity contribution in [2.75, 3.05) is 13.7 Å². The molecular weight excluding hydrogens is 199 g/mol. The van der Waals surface area contributed by atoms with Crippen LogP contribution in [0.4, 0.5) is 4.39 Å². The van der Waals surface area contributed by atoms with Crippen molar-refractivity contribution >= 4 is 0 Å². The Kier molecular flexibility index (Phi) is 4.52. The average molecular weight is 214 g/mol. The minimum Gasteiger partial charge on any atom is -0.491 e. The topological polar surface area (TPSA) is 38.7 Å². The molecule has 0 fully saturated rings. The predicted molar refractivity (Wildman–Crippen MR) is 54.3 cm³/mol. The van der Waals surface area contributed by atoms with Crippen molar-refractivity contribution in [2.45, 2.75) is 19.6 Å². The Morgan fingerprint density at radius 1 is 1.40 bits per heavy atom. The van der Waals surface area contributed by atoms with Gasteiger partial charge in [-0.25, -0.2) is 4.39 Å². The van der Waals surface area contributed by atoms with Crippen LogP contribution in [0.2, 0.25) is 0 Å². The summed E-state index contributed by atoms with van der Waals surface area (Å²) in [4.78, 5) is 0. The van der Waals surface area contributed by atoms with Crippen LogP contribution in [0.15, 0.2) is 18.2 Å². The molecule has 0 aromatic heterocycles. The Labute approximate surface area is 88.4 Å². The van der Waals surface area contributed by atoms with Crippen LogP contribution < -0.4 is 4.74 Å². The number of methoxy groups -OCH3 is 1. The summed E-state index contributed by atoms with van der Waals surface area (Å²) in [5.41, 5.74) is 0.495. The third-order valence-corrected chi connectivity index (χ3v) is 2.00. The Balaban J connectivity index is 2.64. The third-order valence-electron chi connectivity index (χ3n) is 2.00. The molecule has 0 radical (unpaired) electrons. The van der Waals surface area contributed by atoms with Crippen LogP contribution in [0.5, 0.6) is 5.75 Å². The largest absolute Gasteiger partial charge is 0.491 e. The Hall–Kier alpha value is -1.13. The molecule has 1 rings (SSSR count). The molecule has 0 aliphatic rings. The summed E-state index contributed by atoms with van der Waals surface area (Å²) in [7, 11) is 1.58. The van der Waals surface area contributed by atoms with Crippen LogP contribution in [0, 0.1) is 5.82 Å². The van der Waals surface area contributed by atoms with Gasteiger partial charge >= 0.3 is 0 Å². The molecule has 0 saturated heterocycles. The van der Waals surface area contributed by atoms with E-state index in [2.05, 4.69) is 0 Å². The van der Waals surface area contributed by atoms with E-state index >= 15 is 0 Å². The van der Waals surface area contributed by atoms with Crippen molar-refractivity contribution in [3.05, 3.63) is 29.6 Å². The number of ether oxygens (including phenoxy) is 2. The molecule has 1 N–H and O–H groups in total. The SMILES string of the molecule is COC(C)COc1cc(F)cc(CO)c1. The van der Waals surface area contributed by atoms with Crippen LogP contribution in [-0.4, -0.2) is 24.9 Å². The lowest BCUT2D eigenvalue weighted by molar-refractivity contribution is 0.0715. The summed E-state index contributed by atoms with van der Waals surface area (Å²) < 4.78 is 23.3. The highest BCUT2D eigenvalue weighted by Crippen LogP contribution is 2.16. The van der Waals surface area contributed by atoms with Gasteiger partial charge in [0, 0.05) is 13.2 Å². The summed E-state index contributed by atoms with van der Waals surface area (Å²) in [6, 6.07) is 4.15. The minimum absolute atomic E-state index is 0.0501. The van der Waals surface area contributed by atoms with Gasteiger partial charge in [0.2, 0.25) is 0 Å². The number of hydrogen-bond donors (Lipinski definition) is 1. The number of rotatable bonds is 5. The number of halogens is 1. The van der Waals surface area contributed by atoms with Gasteiger partial charge in [-0.05, 0) is 24.6 Å². The molecule has 1 atom stereocenters. The maximum absolute atomic E-state index is 13.0. The van der Waals surface area contributed by atoms with Gasteiger partial charge in [-0.3, -0.25) is 0 Å². The molecule has 1 aromatic rings. The van der Waals surface area contributed by atoms with Gasteiger partial charge in [-0.2, -0.15) is 0 Å². The Morgan fingerprint density at radius 2 is 2.13 bits per heavy atom. The van der Waals surface area contributed by atoms with Crippen LogP contribution in [0.3, 0.4) is 0 Å². The zero-order chi connectivity index (χ0) is 11.3. The standard InChI is InChI=1S/C11H15FO3/c1-8(14-2)7-15-11-4-9(6-13)3-10(12)5-11/h3-5,8,13H,6-7H2,1-2H3. The number of aliphatic hydroxyl groups is 1. The lowest BCUT2D eigenvalue weighted by Crippen LogP contribution is -2.16. The molecule has 4 heteroatoms. The lowest BCUT2D eigenvalue weighted by atomic mass is 10.2. The van der Waals surface area contributed by atoms with E-state index in [-0.39, 0.29) is 12.7 Å². The highest BCUT2D eigenvalue weighted by molar-refractivity contribution is 5.29. The smallest absolute Gasteiger partial charge is 0.127 e. The molecule has 84 valence electrons. The van der Waals surface area contributed by atoms with Crippen molar-refractivity contribution in [2.24, 2.45) is 0 Å². The fourth-order valence-electron chi connectivity index (χ4n) is 1.08. The van der Waals surface area contributed by atoms with E-state index in [4.69, 9.17) is 14.6 Å². The first-order chi connectivity index (χ1) is 7.15. The predicted octanol–water partition coefficient (Wildman–Crippen LogP) is 1.73. The van der Waals surface area contributed by atoms with Gasteiger partial charge in [0.05, 0.1) is 12.7 Å². The zero-order valence-electron chi connectivity index (χ0n) is 8.87. The van der Waals surface area contributed by atoms with Gasteiger partial charge in [0.15, 0.2) is 0 Å². The monoisotopic (exact) mass is 214 g/mol. The maximum Gasteiger partial charge on any atom is 0.127 e. The second-order valence-corrected chi connectivity index (χ2v) is 3.31. The molecule has 0 heterocycles. The molecule has 0 bridgehead atoms. The second-order valence-electron chi connectivity index (χ2n) is 3.31. The summed E-state index contributed by atoms with van der Waals surface area (Å²) in [6.07, 6.45) is -0.0501. The van der Waals surface area contributed by atoms with Gasteiger partial charge in [-0.1, -0.05) is 0 Å². The third kappa shape index (κ3) is 3.85. The van der Waals surface area contributed by atoms with Gasteiger partial charge in [0.1, 0.15) is 18.2 Å². The van der Waals surface area contributed by atoms with Crippen LogP contribution in [-0.2, 0) is 11.3 Å². The highest BCUT2D eigenvalue weighted by atomic mass is 19.1. The van der Waals surface area contributed by atoms with E-state index in [0.29, 0.717) is 17.9 Å². The first kappa shape index (κ1) is 11.9. The Morgan fingerprint density at radius 3 is 2.73 bits per heavy atom. The van der Waals surface area contributed by atoms with E-state index in [1.165, 1.54) is 12.1 Å². The summed E-state index contributed by atoms with van der Waals surface area (Å²) in [5, 5.41) is 8.86. The van der Waals surface area contributed by atoms with Crippen molar-refractivity contribution in [3.63, 3.8) is 0 Å². The summed E-state index contributed by atoms with van der Waals surface area (Å²) in [5.74, 6) is -0.00966. The first-order valence-corrected chi connectivity index (χ1v) is 4.71. The molecule has 0 aliphatic heterocycles. The molecule has 0 spiro atoms. The van der Waals surface area contributed by atoms with E-state index in [0.717, 1.165) is 0 Å². The second kappa shape index (κ2) is 5.68. The van der Waals surface area contributed by atoms with E-state index in [1.54, 1.807) is 13.2 Å². The van der Waals surface area contributed by atoms with Crippen LogP contribution in [0.1, 0.15) is 12.5 Å². The minimum atomic E-state index is -0.415. The maximum atomic E-state index is 13.0.